The van der Waals surface area contributed by atoms with E-state index in [0.717, 1.165) is 18.8 Å². The molecule has 0 heteroatoms. The second-order valence-electron chi connectivity index (χ2n) is 4.64. The minimum Gasteiger partial charge on any atom is -0.0620 e. The van der Waals surface area contributed by atoms with Crippen molar-refractivity contribution in [2.75, 3.05) is 0 Å². The van der Waals surface area contributed by atoms with E-state index in [9.17, 15) is 0 Å². The fourth-order valence-electron chi connectivity index (χ4n) is 2.76. The first-order chi connectivity index (χ1) is 7.42. The van der Waals surface area contributed by atoms with Gasteiger partial charge < -0.3 is 0 Å². The zero-order valence-corrected chi connectivity index (χ0v) is 9.54. The normalized spacial score (nSPS) is 17.9. The number of rotatable bonds is 3. The van der Waals surface area contributed by atoms with Crippen LogP contribution in [0.25, 0.3) is 0 Å². The van der Waals surface area contributed by atoms with Crippen molar-refractivity contribution < 1.29 is 0 Å². The average Bonchev–Trinajstić information content (AvgIpc) is 2.31. The molecule has 2 rings (SSSR count). The van der Waals surface area contributed by atoms with Crippen molar-refractivity contribution in [1.82, 2.24) is 0 Å². The Kier molecular flexibility index (Phi) is 3.82. The van der Waals surface area contributed by atoms with Crippen LogP contribution in [0.3, 0.4) is 0 Å². The molecule has 1 radical (unpaired) electrons. The Morgan fingerprint density at radius 1 is 1.07 bits per heavy atom. The van der Waals surface area contributed by atoms with Crippen LogP contribution in [0, 0.1) is 6.92 Å². The average molecular weight is 201 g/mol. The number of hydrogen-bond donors (Lipinski definition) is 0. The monoisotopic (exact) mass is 201 g/mol. The van der Waals surface area contributed by atoms with Gasteiger partial charge in [0, 0.05) is 0 Å². The van der Waals surface area contributed by atoms with Crippen LogP contribution in [0.1, 0.15) is 55.6 Å². The Balaban J connectivity index is 2.17. The Morgan fingerprint density at radius 2 is 1.80 bits per heavy atom. The minimum atomic E-state index is 0.835. The molecule has 0 nitrogen and oxygen atoms in total. The maximum absolute atomic E-state index is 3.97. The van der Waals surface area contributed by atoms with Crippen molar-refractivity contribution in [3.63, 3.8) is 0 Å². The SMILES string of the molecule is [CH2]CCc1ccccc1C1CCCCC1. The van der Waals surface area contributed by atoms with Crippen molar-refractivity contribution in [2.45, 2.75) is 50.9 Å². The van der Waals surface area contributed by atoms with Crippen molar-refractivity contribution in [1.29, 1.82) is 0 Å². The van der Waals surface area contributed by atoms with E-state index in [2.05, 4.69) is 31.2 Å². The summed E-state index contributed by atoms with van der Waals surface area (Å²) in [6.45, 7) is 3.97. The first-order valence-corrected chi connectivity index (χ1v) is 6.29. The highest BCUT2D eigenvalue weighted by Crippen LogP contribution is 2.34. The molecular formula is C15H21. The third-order valence-electron chi connectivity index (χ3n) is 3.55. The van der Waals surface area contributed by atoms with E-state index in [1.54, 1.807) is 11.1 Å². The van der Waals surface area contributed by atoms with Gasteiger partial charge in [-0.05, 0) is 42.7 Å². The van der Waals surface area contributed by atoms with Crippen molar-refractivity contribution >= 4 is 0 Å². The van der Waals surface area contributed by atoms with Crippen LogP contribution in [-0.2, 0) is 6.42 Å². The third kappa shape index (κ3) is 2.62. The molecule has 15 heavy (non-hydrogen) atoms. The van der Waals surface area contributed by atoms with Crippen LogP contribution in [0.15, 0.2) is 24.3 Å². The summed E-state index contributed by atoms with van der Waals surface area (Å²) < 4.78 is 0. The second-order valence-corrected chi connectivity index (χ2v) is 4.64. The summed E-state index contributed by atoms with van der Waals surface area (Å²) in [6, 6.07) is 8.98. The van der Waals surface area contributed by atoms with Gasteiger partial charge in [0.15, 0.2) is 0 Å². The fraction of sp³-hybridized carbons (Fsp3) is 0.533. The van der Waals surface area contributed by atoms with Gasteiger partial charge in [0.05, 0.1) is 0 Å². The molecule has 1 aliphatic rings. The van der Waals surface area contributed by atoms with Gasteiger partial charge in [-0.3, -0.25) is 0 Å². The van der Waals surface area contributed by atoms with Gasteiger partial charge in [0.25, 0.3) is 0 Å². The van der Waals surface area contributed by atoms with Crippen LogP contribution < -0.4 is 0 Å². The molecule has 1 aromatic rings. The van der Waals surface area contributed by atoms with Crippen LogP contribution >= 0.6 is 0 Å². The zero-order valence-electron chi connectivity index (χ0n) is 9.54. The van der Waals surface area contributed by atoms with E-state index < -0.39 is 0 Å². The largest absolute Gasteiger partial charge is 0.0620 e. The maximum Gasteiger partial charge on any atom is -0.0159 e. The van der Waals surface area contributed by atoms with Crippen LogP contribution in [0.4, 0.5) is 0 Å². The summed E-state index contributed by atoms with van der Waals surface area (Å²) in [5.41, 5.74) is 3.15. The zero-order chi connectivity index (χ0) is 10.5. The van der Waals surface area contributed by atoms with Gasteiger partial charge in [0.2, 0.25) is 0 Å². The molecule has 0 bridgehead atoms. The highest BCUT2D eigenvalue weighted by molar-refractivity contribution is 5.30. The number of hydrogen-bond acceptors (Lipinski definition) is 0. The smallest absolute Gasteiger partial charge is 0.0159 e. The topological polar surface area (TPSA) is 0 Å². The molecule has 0 unspecified atom stereocenters. The molecule has 1 fully saturated rings. The minimum absolute atomic E-state index is 0.835. The molecule has 81 valence electrons. The molecule has 0 aliphatic heterocycles. The fourth-order valence-corrected chi connectivity index (χ4v) is 2.76. The molecule has 0 saturated heterocycles. The van der Waals surface area contributed by atoms with Gasteiger partial charge in [-0.25, -0.2) is 0 Å². The van der Waals surface area contributed by atoms with E-state index in [-0.39, 0.29) is 0 Å². The number of aryl methyl sites for hydroxylation is 1. The quantitative estimate of drug-likeness (QED) is 0.675. The lowest BCUT2D eigenvalue weighted by atomic mass is 9.81. The third-order valence-corrected chi connectivity index (χ3v) is 3.55. The molecule has 0 amide bonds. The highest BCUT2D eigenvalue weighted by atomic mass is 14.2. The standard InChI is InChI=1S/C15H21/c1-2-8-13-11-6-7-12-15(13)14-9-4-3-5-10-14/h6-7,11-12,14H,1-5,8-10H2. The lowest BCUT2D eigenvalue weighted by Crippen LogP contribution is -2.07. The van der Waals surface area contributed by atoms with E-state index in [0.29, 0.717) is 0 Å². The summed E-state index contributed by atoms with van der Waals surface area (Å²) >= 11 is 0. The molecule has 0 spiro atoms. The molecule has 1 aliphatic carbocycles. The summed E-state index contributed by atoms with van der Waals surface area (Å²) in [4.78, 5) is 0. The molecule has 0 N–H and O–H groups in total. The van der Waals surface area contributed by atoms with Crippen LogP contribution in [-0.4, -0.2) is 0 Å². The van der Waals surface area contributed by atoms with Crippen LogP contribution in [0.5, 0.6) is 0 Å². The van der Waals surface area contributed by atoms with Gasteiger partial charge >= 0.3 is 0 Å². The van der Waals surface area contributed by atoms with Gasteiger partial charge in [0.1, 0.15) is 0 Å². The van der Waals surface area contributed by atoms with E-state index in [4.69, 9.17) is 0 Å². The predicted octanol–water partition coefficient (Wildman–Crippen LogP) is 4.50. The lowest BCUT2D eigenvalue weighted by Gasteiger charge is -2.24. The number of benzene rings is 1. The molecule has 0 heterocycles. The summed E-state index contributed by atoms with van der Waals surface area (Å²) in [5.74, 6) is 0.835. The first-order valence-electron chi connectivity index (χ1n) is 6.29. The maximum atomic E-state index is 3.97. The van der Waals surface area contributed by atoms with Crippen molar-refractivity contribution in [2.24, 2.45) is 0 Å². The summed E-state index contributed by atoms with van der Waals surface area (Å²) in [5, 5.41) is 0. The lowest BCUT2D eigenvalue weighted by molar-refractivity contribution is 0.441. The van der Waals surface area contributed by atoms with Crippen LogP contribution in [0.2, 0.25) is 0 Å². The van der Waals surface area contributed by atoms with E-state index in [1.165, 1.54) is 32.1 Å². The Labute approximate surface area is 93.7 Å². The van der Waals surface area contributed by atoms with Gasteiger partial charge in [-0.1, -0.05) is 50.5 Å². The molecule has 0 aromatic heterocycles. The van der Waals surface area contributed by atoms with E-state index >= 15 is 0 Å². The molecule has 0 atom stereocenters. The summed E-state index contributed by atoms with van der Waals surface area (Å²) in [7, 11) is 0. The molecule has 1 saturated carbocycles. The first kappa shape index (κ1) is 10.7. The van der Waals surface area contributed by atoms with E-state index in [1.807, 2.05) is 0 Å². The molecule has 1 aromatic carbocycles. The predicted molar refractivity (Wildman–Crippen MR) is 65.9 cm³/mol. The summed E-state index contributed by atoms with van der Waals surface area (Å²) in [6.07, 6.45) is 9.24. The second kappa shape index (κ2) is 5.34. The Bertz CT molecular complexity index is 295. The highest BCUT2D eigenvalue weighted by Gasteiger charge is 2.17. The Hall–Kier alpha value is -0.780. The van der Waals surface area contributed by atoms with Gasteiger partial charge in [-0.15, -0.1) is 0 Å². The Morgan fingerprint density at radius 3 is 2.53 bits per heavy atom. The van der Waals surface area contributed by atoms with Gasteiger partial charge in [-0.2, -0.15) is 0 Å². The molecular weight excluding hydrogens is 180 g/mol. The van der Waals surface area contributed by atoms with Crippen molar-refractivity contribution in [3.05, 3.63) is 42.3 Å². The van der Waals surface area contributed by atoms with Crippen molar-refractivity contribution in [3.8, 4) is 0 Å².